The Bertz CT molecular complexity index is 502. The van der Waals surface area contributed by atoms with Crippen molar-refractivity contribution in [2.24, 2.45) is 5.73 Å². The summed E-state index contributed by atoms with van der Waals surface area (Å²) in [7, 11) is 0. The Labute approximate surface area is 130 Å². The van der Waals surface area contributed by atoms with Gasteiger partial charge in [0.1, 0.15) is 0 Å². The molecule has 0 bridgehead atoms. The first kappa shape index (κ1) is 16.2. The first-order valence-corrected chi connectivity index (χ1v) is 7.81. The quantitative estimate of drug-likeness (QED) is 0.668. The maximum atomic E-state index is 11.2. The molecule has 2 rings (SSSR count). The van der Waals surface area contributed by atoms with Crippen LogP contribution in [-0.2, 0) is 6.54 Å². The van der Waals surface area contributed by atoms with Crippen molar-refractivity contribution >= 4 is 17.3 Å². The highest BCUT2D eigenvalue weighted by Gasteiger charge is 2.25. The summed E-state index contributed by atoms with van der Waals surface area (Å²) in [6.07, 6.45) is 4.19. The van der Waals surface area contributed by atoms with E-state index in [0.29, 0.717) is 23.7 Å². The Morgan fingerprint density at radius 3 is 2.62 bits per heavy atom. The van der Waals surface area contributed by atoms with Gasteiger partial charge in [0.15, 0.2) is 0 Å². The molecule has 2 N–H and O–H groups in total. The molecule has 0 heterocycles. The van der Waals surface area contributed by atoms with Crippen LogP contribution in [-0.4, -0.2) is 28.5 Å². The molecule has 6 heteroatoms. The first-order valence-electron chi connectivity index (χ1n) is 7.43. The van der Waals surface area contributed by atoms with Gasteiger partial charge in [0.2, 0.25) is 0 Å². The molecule has 21 heavy (non-hydrogen) atoms. The lowest BCUT2D eigenvalue weighted by molar-refractivity contribution is -0.385. The largest absolute Gasteiger partial charge is 0.328 e. The van der Waals surface area contributed by atoms with Crippen LogP contribution in [0.15, 0.2) is 18.2 Å². The minimum Gasteiger partial charge on any atom is -0.328 e. The van der Waals surface area contributed by atoms with E-state index in [1.807, 2.05) is 0 Å². The average molecular weight is 312 g/mol. The van der Waals surface area contributed by atoms with E-state index in [0.717, 1.165) is 37.8 Å². The van der Waals surface area contributed by atoms with Crippen LogP contribution in [0, 0.1) is 10.1 Å². The summed E-state index contributed by atoms with van der Waals surface area (Å²) in [5.74, 6) is 0. The average Bonchev–Trinajstić information content (AvgIpc) is 2.47. The van der Waals surface area contributed by atoms with E-state index in [2.05, 4.69) is 11.8 Å². The topological polar surface area (TPSA) is 72.4 Å². The second kappa shape index (κ2) is 7.20. The zero-order chi connectivity index (χ0) is 15.4. The Hall–Kier alpha value is -1.17. The van der Waals surface area contributed by atoms with Crippen molar-refractivity contribution in [3.8, 4) is 0 Å². The maximum Gasteiger partial charge on any atom is 0.275 e. The van der Waals surface area contributed by atoms with E-state index in [-0.39, 0.29) is 10.6 Å². The van der Waals surface area contributed by atoms with Crippen molar-refractivity contribution in [2.75, 3.05) is 6.54 Å². The van der Waals surface area contributed by atoms with E-state index in [4.69, 9.17) is 17.3 Å². The third kappa shape index (κ3) is 4.15. The molecule has 0 atom stereocenters. The molecule has 1 aliphatic carbocycles. The van der Waals surface area contributed by atoms with Crippen molar-refractivity contribution in [3.05, 3.63) is 38.9 Å². The number of rotatable bonds is 5. The summed E-state index contributed by atoms with van der Waals surface area (Å²) in [6, 6.07) is 5.68. The Kier molecular flexibility index (Phi) is 5.56. The van der Waals surface area contributed by atoms with E-state index in [1.54, 1.807) is 12.1 Å². The predicted octanol–water partition coefficient (Wildman–Crippen LogP) is 3.34. The maximum absolute atomic E-state index is 11.2. The molecule has 0 spiro atoms. The van der Waals surface area contributed by atoms with Gasteiger partial charge in [0.25, 0.3) is 5.69 Å². The van der Waals surface area contributed by atoms with Crippen LogP contribution >= 0.6 is 11.6 Å². The number of halogens is 1. The van der Waals surface area contributed by atoms with Crippen LogP contribution < -0.4 is 5.73 Å². The molecule has 116 valence electrons. The van der Waals surface area contributed by atoms with Gasteiger partial charge in [-0.15, -0.1) is 0 Å². The van der Waals surface area contributed by atoms with Gasteiger partial charge in [-0.25, -0.2) is 0 Å². The highest BCUT2D eigenvalue weighted by Crippen LogP contribution is 2.28. The number of hydrogen-bond acceptors (Lipinski definition) is 4. The summed E-state index contributed by atoms with van der Waals surface area (Å²) in [5.41, 5.74) is 6.78. The van der Waals surface area contributed by atoms with Gasteiger partial charge < -0.3 is 5.73 Å². The summed E-state index contributed by atoms with van der Waals surface area (Å²) >= 11 is 5.86. The SMILES string of the molecule is CCN(Cc1ccc(Cl)cc1[N+](=O)[O-])C1CCC(N)CC1. The zero-order valence-electron chi connectivity index (χ0n) is 12.3. The Morgan fingerprint density at radius 1 is 1.38 bits per heavy atom. The van der Waals surface area contributed by atoms with E-state index >= 15 is 0 Å². The second-order valence-electron chi connectivity index (χ2n) is 5.66. The van der Waals surface area contributed by atoms with Gasteiger partial charge in [-0.1, -0.05) is 18.5 Å². The van der Waals surface area contributed by atoms with Crippen molar-refractivity contribution in [2.45, 2.75) is 51.2 Å². The first-order chi connectivity index (χ1) is 10.0. The lowest BCUT2D eigenvalue weighted by atomic mass is 9.90. The summed E-state index contributed by atoms with van der Waals surface area (Å²) in [4.78, 5) is 13.1. The standard InChI is InChI=1S/C15H22ClN3O2/c1-2-18(14-7-5-13(17)6-8-14)10-11-3-4-12(16)9-15(11)19(20)21/h3-4,9,13-14H,2,5-8,10,17H2,1H3. The number of benzene rings is 1. The fourth-order valence-corrected chi connectivity index (χ4v) is 3.19. The van der Waals surface area contributed by atoms with Gasteiger partial charge in [-0.2, -0.15) is 0 Å². The van der Waals surface area contributed by atoms with Crippen LogP contribution in [0.3, 0.4) is 0 Å². The Morgan fingerprint density at radius 2 is 2.05 bits per heavy atom. The fraction of sp³-hybridized carbons (Fsp3) is 0.600. The van der Waals surface area contributed by atoms with Crippen molar-refractivity contribution < 1.29 is 4.92 Å². The molecule has 0 amide bonds. The number of nitro benzene ring substituents is 1. The molecule has 0 unspecified atom stereocenters. The van der Waals surface area contributed by atoms with Crippen LogP contribution in [0.25, 0.3) is 0 Å². The summed E-state index contributed by atoms with van der Waals surface area (Å²) in [6.45, 7) is 3.56. The molecule has 1 fully saturated rings. The normalized spacial score (nSPS) is 22.5. The van der Waals surface area contributed by atoms with Crippen LogP contribution in [0.4, 0.5) is 5.69 Å². The molecule has 1 aliphatic rings. The molecule has 0 aliphatic heterocycles. The van der Waals surface area contributed by atoms with Crippen LogP contribution in [0.1, 0.15) is 38.2 Å². The number of nitro groups is 1. The molecule has 1 saturated carbocycles. The van der Waals surface area contributed by atoms with E-state index in [9.17, 15) is 10.1 Å². The number of hydrogen-bond donors (Lipinski definition) is 1. The lowest BCUT2D eigenvalue weighted by Crippen LogP contribution is -2.40. The van der Waals surface area contributed by atoms with Gasteiger partial charge in [0, 0.05) is 35.3 Å². The zero-order valence-corrected chi connectivity index (χ0v) is 13.1. The van der Waals surface area contributed by atoms with Gasteiger partial charge in [-0.3, -0.25) is 15.0 Å². The minimum atomic E-state index is -0.355. The van der Waals surface area contributed by atoms with Crippen molar-refractivity contribution in [1.82, 2.24) is 4.90 Å². The highest BCUT2D eigenvalue weighted by atomic mass is 35.5. The minimum absolute atomic E-state index is 0.105. The highest BCUT2D eigenvalue weighted by molar-refractivity contribution is 6.30. The smallest absolute Gasteiger partial charge is 0.275 e. The molecule has 0 saturated heterocycles. The lowest BCUT2D eigenvalue weighted by Gasteiger charge is -2.35. The van der Waals surface area contributed by atoms with Gasteiger partial charge in [0.05, 0.1) is 4.92 Å². The summed E-state index contributed by atoms with van der Waals surface area (Å²) < 4.78 is 0. The monoisotopic (exact) mass is 311 g/mol. The van der Waals surface area contributed by atoms with Gasteiger partial charge in [-0.05, 0) is 44.4 Å². The Balaban J connectivity index is 2.13. The molecule has 1 aromatic rings. The second-order valence-corrected chi connectivity index (χ2v) is 6.10. The van der Waals surface area contributed by atoms with Crippen LogP contribution in [0.5, 0.6) is 0 Å². The molecule has 0 radical (unpaired) electrons. The number of nitrogens with two attached hydrogens (primary N) is 1. The van der Waals surface area contributed by atoms with E-state index in [1.165, 1.54) is 6.07 Å². The van der Waals surface area contributed by atoms with Crippen molar-refractivity contribution in [1.29, 1.82) is 0 Å². The third-order valence-corrected chi connectivity index (χ3v) is 4.52. The summed E-state index contributed by atoms with van der Waals surface area (Å²) in [5, 5.41) is 11.6. The molecule has 5 nitrogen and oxygen atoms in total. The van der Waals surface area contributed by atoms with Crippen molar-refractivity contribution in [3.63, 3.8) is 0 Å². The molecular weight excluding hydrogens is 290 g/mol. The fourth-order valence-electron chi connectivity index (χ4n) is 3.03. The van der Waals surface area contributed by atoms with Crippen LogP contribution in [0.2, 0.25) is 5.02 Å². The third-order valence-electron chi connectivity index (χ3n) is 4.28. The van der Waals surface area contributed by atoms with Gasteiger partial charge >= 0.3 is 0 Å². The molecule has 1 aromatic carbocycles. The van der Waals surface area contributed by atoms with E-state index < -0.39 is 0 Å². The predicted molar refractivity (Wildman–Crippen MR) is 84.4 cm³/mol. The number of nitrogens with zero attached hydrogens (tertiary/aromatic N) is 2. The molecule has 0 aromatic heterocycles. The molecular formula is C15H22ClN3O2.